The molecule has 4 aliphatic rings. The van der Waals surface area contributed by atoms with Crippen LogP contribution in [0.1, 0.15) is 70.5 Å². The van der Waals surface area contributed by atoms with Gasteiger partial charge in [0.15, 0.2) is 11.6 Å². The standard InChI is InChI=1S/C22H34N4O2/c1-13-23-25-26(24-13)12-21(28)20-8-7-19-18-5-3-14-11-15(27)4-6-16(14)17(18)9-10-22(19,20)2/h14-20,27H,3-12H2,1-2H3/t14-,15-,16-,17+,18+,19-,20+,22-/m0/s1. The summed E-state index contributed by atoms with van der Waals surface area (Å²) < 4.78 is 0. The van der Waals surface area contributed by atoms with Crippen LogP contribution in [0.15, 0.2) is 0 Å². The summed E-state index contributed by atoms with van der Waals surface area (Å²) >= 11 is 0. The van der Waals surface area contributed by atoms with Crippen molar-refractivity contribution in [3.8, 4) is 0 Å². The van der Waals surface area contributed by atoms with Gasteiger partial charge in [0.1, 0.15) is 6.54 Å². The highest BCUT2D eigenvalue weighted by atomic mass is 16.3. The quantitative estimate of drug-likeness (QED) is 0.863. The van der Waals surface area contributed by atoms with Crippen molar-refractivity contribution in [1.82, 2.24) is 20.2 Å². The first-order valence-electron chi connectivity index (χ1n) is 11.4. The Labute approximate surface area is 167 Å². The van der Waals surface area contributed by atoms with Gasteiger partial charge in [-0.3, -0.25) is 4.79 Å². The monoisotopic (exact) mass is 386 g/mol. The Morgan fingerprint density at radius 1 is 1.11 bits per heavy atom. The Balaban J connectivity index is 1.32. The summed E-state index contributed by atoms with van der Waals surface area (Å²) in [6.45, 7) is 4.48. The molecule has 0 amide bonds. The second-order valence-corrected chi connectivity index (χ2v) is 10.4. The molecular formula is C22H34N4O2. The van der Waals surface area contributed by atoms with Gasteiger partial charge < -0.3 is 5.11 Å². The van der Waals surface area contributed by atoms with Crippen LogP contribution in [0.3, 0.4) is 0 Å². The topological polar surface area (TPSA) is 80.9 Å². The molecule has 154 valence electrons. The molecule has 1 N–H and O–H groups in total. The molecule has 4 saturated carbocycles. The first-order valence-corrected chi connectivity index (χ1v) is 11.4. The van der Waals surface area contributed by atoms with Crippen molar-refractivity contribution >= 4 is 5.78 Å². The fraction of sp³-hybridized carbons (Fsp3) is 0.909. The van der Waals surface area contributed by atoms with Crippen molar-refractivity contribution in [1.29, 1.82) is 0 Å². The molecule has 6 nitrogen and oxygen atoms in total. The van der Waals surface area contributed by atoms with Gasteiger partial charge in [0.25, 0.3) is 0 Å². The summed E-state index contributed by atoms with van der Waals surface area (Å²) in [5, 5.41) is 22.2. The number of carbonyl (C=O) groups is 1. The minimum Gasteiger partial charge on any atom is -0.393 e. The second-order valence-electron chi connectivity index (χ2n) is 10.4. The van der Waals surface area contributed by atoms with Crippen LogP contribution in [-0.4, -0.2) is 37.2 Å². The summed E-state index contributed by atoms with van der Waals surface area (Å²) in [5.74, 6) is 4.96. The highest BCUT2D eigenvalue weighted by Crippen LogP contribution is 2.64. The predicted octanol–water partition coefficient (Wildman–Crippen LogP) is 3.18. The van der Waals surface area contributed by atoms with Gasteiger partial charge in [-0.1, -0.05) is 6.92 Å². The van der Waals surface area contributed by atoms with Gasteiger partial charge in [0, 0.05) is 5.92 Å². The maximum atomic E-state index is 13.2. The van der Waals surface area contributed by atoms with Crippen LogP contribution in [0.4, 0.5) is 0 Å². The molecule has 1 aromatic heterocycles. The van der Waals surface area contributed by atoms with E-state index in [1.165, 1.54) is 43.3 Å². The molecule has 28 heavy (non-hydrogen) atoms. The van der Waals surface area contributed by atoms with Gasteiger partial charge in [-0.2, -0.15) is 4.80 Å². The van der Waals surface area contributed by atoms with Crippen LogP contribution >= 0.6 is 0 Å². The number of aromatic nitrogens is 4. The number of aliphatic hydroxyl groups excluding tert-OH is 1. The average Bonchev–Trinajstić information content (AvgIpc) is 3.23. The molecule has 0 bridgehead atoms. The van der Waals surface area contributed by atoms with Crippen LogP contribution in [0.2, 0.25) is 0 Å². The highest BCUT2D eigenvalue weighted by Gasteiger charge is 2.58. The third-order valence-corrected chi connectivity index (χ3v) is 9.17. The third kappa shape index (κ3) is 2.94. The Hall–Kier alpha value is -1.30. The SMILES string of the molecule is Cc1nnn(CC(=O)[C@H]2CC[C@H]3[C@@H]4CC[C@H]5C[C@@H](O)CC[C@@H]5[C@H]4CC[C@]23C)n1. The first-order chi connectivity index (χ1) is 13.5. The number of carbonyl (C=O) groups excluding carboxylic acids is 1. The third-order valence-electron chi connectivity index (χ3n) is 9.17. The lowest BCUT2D eigenvalue weighted by atomic mass is 9.49. The lowest BCUT2D eigenvalue weighted by Gasteiger charge is -2.56. The summed E-state index contributed by atoms with van der Waals surface area (Å²) in [6, 6.07) is 0. The van der Waals surface area contributed by atoms with Crippen LogP contribution in [0.25, 0.3) is 0 Å². The molecule has 4 fully saturated rings. The summed E-state index contributed by atoms with van der Waals surface area (Å²) in [4.78, 5) is 14.6. The molecule has 0 aromatic carbocycles. The predicted molar refractivity (Wildman–Crippen MR) is 104 cm³/mol. The number of rotatable bonds is 3. The number of fused-ring (bicyclic) bond motifs is 5. The normalized spacial score (nSPS) is 45.2. The van der Waals surface area contributed by atoms with Crippen molar-refractivity contribution in [2.24, 2.45) is 40.9 Å². The number of hydrogen-bond acceptors (Lipinski definition) is 5. The van der Waals surface area contributed by atoms with Crippen molar-refractivity contribution in [3.05, 3.63) is 5.82 Å². The molecule has 1 heterocycles. The Morgan fingerprint density at radius 2 is 1.93 bits per heavy atom. The van der Waals surface area contributed by atoms with Crippen molar-refractivity contribution in [3.63, 3.8) is 0 Å². The molecule has 0 radical (unpaired) electrons. The van der Waals surface area contributed by atoms with E-state index in [9.17, 15) is 9.90 Å². The zero-order valence-electron chi connectivity index (χ0n) is 17.3. The largest absolute Gasteiger partial charge is 0.393 e. The van der Waals surface area contributed by atoms with Gasteiger partial charge in [0.05, 0.1) is 6.10 Å². The molecule has 8 atom stereocenters. The van der Waals surface area contributed by atoms with Gasteiger partial charge in [-0.05, 0) is 105 Å². The molecule has 0 aliphatic heterocycles. The maximum absolute atomic E-state index is 13.2. The van der Waals surface area contributed by atoms with Crippen molar-refractivity contribution in [2.75, 3.05) is 0 Å². The van der Waals surface area contributed by atoms with E-state index in [0.717, 1.165) is 42.9 Å². The lowest BCUT2D eigenvalue weighted by molar-refractivity contribution is -0.131. The fourth-order valence-corrected chi connectivity index (χ4v) is 8.00. The number of ketones is 1. The second kappa shape index (κ2) is 6.89. The van der Waals surface area contributed by atoms with Gasteiger partial charge in [0.2, 0.25) is 0 Å². The van der Waals surface area contributed by atoms with E-state index in [1.54, 1.807) is 0 Å². The van der Waals surface area contributed by atoms with E-state index in [2.05, 4.69) is 22.3 Å². The number of Topliss-reactive ketones (excluding diaryl/α,β-unsaturated/α-hetero) is 1. The van der Waals surface area contributed by atoms with Crippen molar-refractivity contribution < 1.29 is 9.90 Å². The average molecular weight is 387 g/mol. The highest BCUT2D eigenvalue weighted by molar-refractivity contribution is 5.81. The summed E-state index contributed by atoms with van der Waals surface area (Å²) in [6.07, 6.45) is 10.5. The molecule has 5 rings (SSSR count). The maximum Gasteiger partial charge on any atom is 0.171 e. The molecule has 0 unspecified atom stereocenters. The van der Waals surface area contributed by atoms with E-state index in [-0.39, 0.29) is 24.0 Å². The zero-order chi connectivity index (χ0) is 19.5. The van der Waals surface area contributed by atoms with E-state index in [4.69, 9.17) is 0 Å². The number of tetrazole rings is 1. The number of hydrogen-bond donors (Lipinski definition) is 1. The molecule has 6 heteroatoms. The molecule has 4 aliphatic carbocycles. The van der Waals surface area contributed by atoms with Gasteiger partial charge in [-0.25, -0.2) is 0 Å². The smallest absolute Gasteiger partial charge is 0.171 e. The van der Waals surface area contributed by atoms with Crippen LogP contribution in [0, 0.1) is 47.8 Å². The minimum absolute atomic E-state index is 0.0610. The minimum atomic E-state index is -0.0610. The molecule has 0 saturated heterocycles. The summed E-state index contributed by atoms with van der Waals surface area (Å²) in [7, 11) is 0. The summed E-state index contributed by atoms with van der Waals surface area (Å²) in [5.41, 5.74) is 0.148. The van der Waals surface area contributed by atoms with E-state index >= 15 is 0 Å². The first kappa shape index (κ1) is 18.7. The van der Waals surface area contributed by atoms with E-state index in [1.807, 2.05) is 6.92 Å². The van der Waals surface area contributed by atoms with E-state index < -0.39 is 0 Å². The Kier molecular flexibility index (Phi) is 4.61. The molecular weight excluding hydrogens is 352 g/mol. The number of aryl methyl sites for hydroxylation is 1. The zero-order valence-corrected chi connectivity index (χ0v) is 17.3. The molecule has 1 aromatic rings. The lowest BCUT2D eigenvalue weighted by Crippen LogP contribution is -2.50. The number of nitrogens with zero attached hydrogens (tertiary/aromatic N) is 4. The Bertz CT molecular complexity index is 749. The van der Waals surface area contributed by atoms with E-state index in [0.29, 0.717) is 17.5 Å². The fourth-order valence-electron chi connectivity index (χ4n) is 8.00. The van der Waals surface area contributed by atoms with Crippen molar-refractivity contribution in [2.45, 2.75) is 84.3 Å². The molecule has 0 spiro atoms. The van der Waals surface area contributed by atoms with Gasteiger partial charge in [-0.15, -0.1) is 10.2 Å². The Morgan fingerprint density at radius 3 is 2.71 bits per heavy atom. The van der Waals surface area contributed by atoms with Gasteiger partial charge >= 0.3 is 0 Å². The van der Waals surface area contributed by atoms with Crippen LogP contribution in [0.5, 0.6) is 0 Å². The van der Waals surface area contributed by atoms with Crippen LogP contribution < -0.4 is 0 Å². The van der Waals surface area contributed by atoms with Crippen LogP contribution in [-0.2, 0) is 11.3 Å². The number of aliphatic hydroxyl groups is 1.